The lowest BCUT2D eigenvalue weighted by Gasteiger charge is -2.35. The summed E-state index contributed by atoms with van der Waals surface area (Å²) >= 11 is 0. The normalized spacial score (nSPS) is 15.3. The summed E-state index contributed by atoms with van der Waals surface area (Å²) in [6, 6.07) is 19.0. The molecule has 2 heterocycles. The number of hydrogen-bond donors (Lipinski definition) is 1. The summed E-state index contributed by atoms with van der Waals surface area (Å²) in [7, 11) is 0. The van der Waals surface area contributed by atoms with Gasteiger partial charge in [0, 0.05) is 23.7 Å². The number of nitrogens with zero attached hydrogens (tertiary/aromatic N) is 5. The van der Waals surface area contributed by atoms with Gasteiger partial charge in [0.05, 0.1) is 12.6 Å². The van der Waals surface area contributed by atoms with Gasteiger partial charge in [0.25, 0.3) is 5.56 Å². The van der Waals surface area contributed by atoms with Crippen molar-refractivity contribution in [3.63, 3.8) is 0 Å². The van der Waals surface area contributed by atoms with Crippen molar-refractivity contribution in [2.75, 3.05) is 0 Å². The van der Waals surface area contributed by atoms with Crippen LogP contribution in [-0.4, -0.2) is 36.1 Å². The number of aryl methyl sites for hydroxylation is 1. The van der Waals surface area contributed by atoms with E-state index in [1.165, 1.54) is 24.0 Å². The Balaban J connectivity index is 1.52. The second-order valence-electron chi connectivity index (χ2n) is 9.81. The molecule has 1 saturated carbocycles. The SMILES string of the molecule is CCC[C@H](c1nnnn1Cc1ccccc1)N(Cc1cc2cc(C)ccc2[nH]c1=O)C1CCCC1. The van der Waals surface area contributed by atoms with E-state index < -0.39 is 0 Å². The number of fused-ring (bicyclic) bond motifs is 1. The van der Waals surface area contributed by atoms with Crippen molar-refractivity contribution in [1.82, 2.24) is 30.1 Å². The highest BCUT2D eigenvalue weighted by Crippen LogP contribution is 2.34. The minimum Gasteiger partial charge on any atom is -0.322 e. The molecule has 182 valence electrons. The second-order valence-corrected chi connectivity index (χ2v) is 9.81. The molecule has 5 rings (SSSR count). The van der Waals surface area contributed by atoms with Crippen LogP contribution in [0.2, 0.25) is 0 Å². The lowest BCUT2D eigenvalue weighted by atomic mass is 10.0. The van der Waals surface area contributed by atoms with Crippen LogP contribution >= 0.6 is 0 Å². The van der Waals surface area contributed by atoms with Gasteiger partial charge in [0.1, 0.15) is 0 Å². The number of aromatic nitrogens is 5. The monoisotopic (exact) mass is 470 g/mol. The van der Waals surface area contributed by atoms with Crippen LogP contribution in [0.5, 0.6) is 0 Å². The van der Waals surface area contributed by atoms with E-state index in [4.69, 9.17) is 0 Å². The molecule has 1 N–H and O–H groups in total. The number of nitrogens with one attached hydrogen (secondary N) is 1. The Bertz CT molecular complexity index is 1320. The van der Waals surface area contributed by atoms with Crippen LogP contribution in [0, 0.1) is 6.92 Å². The fourth-order valence-electron chi connectivity index (χ4n) is 5.45. The molecule has 1 aliphatic carbocycles. The summed E-state index contributed by atoms with van der Waals surface area (Å²) in [6.45, 7) is 5.51. The zero-order chi connectivity index (χ0) is 24.2. The van der Waals surface area contributed by atoms with E-state index in [-0.39, 0.29) is 11.6 Å². The molecule has 0 amide bonds. The average Bonchev–Trinajstić information content (AvgIpc) is 3.55. The second kappa shape index (κ2) is 10.5. The molecule has 0 unspecified atom stereocenters. The van der Waals surface area contributed by atoms with Gasteiger partial charge >= 0.3 is 0 Å². The maximum absolute atomic E-state index is 13.1. The van der Waals surface area contributed by atoms with E-state index in [2.05, 4.69) is 63.5 Å². The topological polar surface area (TPSA) is 79.7 Å². The van der Waals surface area contributed by atoms with E-state index in [0.29, 0.717) is 19.1 Å². The Morgan fingerprint density at radius 3 is 2.69 bits per heavy atom. The fraction of sp³-hybridized carbons (Fsp3) is 0.429. The first kappa shape index (κ1) is 23.4. The Morgan fingerprint density at radius 2 is 1.91 bits per heavy atom. The first-order valence-electron chi connectivity index (χ1n) is 12.8. The molecule has 0 bridgehead atoms. The van der Waals surface area contributed by atoms with Crippen molar-refractivity contribution in [3.05, 3.63) is 87.5 Å². The molecule has 1 atom stereocenters. The molecule has 2 aromatic heterocycles. The van der Waals surface area contributed by atoms with E-state index in [9.17, 15) is 4.79 Å². The number of aromatic amines is 1. The number of pyridine rings is 1. The third-order valence-electron chi connectivity index (χ3n) is 7.22. The predicted octanol–water partition coefficient (Wildman–Crippen LogP) is 5.16. The van der Waals surface area contributed by atoms with Crippen molar-refractivity contribution >= 4 is 10.9 Å². The molecular formula is C28H34N6O. The third-order valence-corrected chi connectivity index (χ3v) is 7.22. The van der Waals surface area contributed by atoms with Gasteiger partial charge in [-0.2, -0.15) is 0 Å². The summed E-state index contributed by atoms with van der Waals surface area (Å²) in [5, 5.41) is 14.0. The lowest BCUT2D eigenvalue weighted by Crippen LogP contribution is -2.39. The molecule has 1 aliphatic rings. The Morgan fingerprint density at radius 1 is 1.11 bits per heavy atom. The van der Waals surface area contributed by atoms with Crippen LogP contribution < -0.4 is 5.56 Å². The van der Waals surface area contributed by atoms with Crippen LogP contribution in [-0.2, 0) is 13.1 Å². The number of tetrazole rings is 1. The minimum absolute atomic E-state index is 0.0107. The summed E-state index contributed by atoms with van der Waals surface area (Å²) in [4.78, 5) is 18.7. The van der Waals surface area contributed by atoms with E-state index in [1.54, 1.807) is 0 Å². The Kier molecular flexibility index (Phi) is 7.04. The largest absolute Gasteiger partial charge is 0.322 e. The van der Waals surface area contributed by atoms with Gasteiger partial charge in [0.15, 0.2) is 5.82 Å². The number of H-pyrrole nitrogens is 1. The number of rotatable bonds is 9. The molecule has 7 nitrogen and oxygen atoms in total. The van der Waals surface area contributed by atoms with Crippen LogP contribution in [0.3, 0.4) is 0 Å². The molecular weight excluding hydrogens is 436 g/mol. The predicted molar refractivity (Wildman–Crippen MR) is 138 cm³/mol. The molecule has 7 heteroatoms. The zero-order valence-electron chi connectivity index (χ0n) is 20.7. The summed E-state index contributed by atoms with van der Waals surface area (Å²) in [5.41, 5.74) is 4.03. The minimum atomic E-state index is -0.0107. The van der Waals surface area contributed by atoms with E-state index in [0.717, 1.165) is 48.0 Å². The van der Waals surface area contributed by atoms with Crippen LogP contribution in [0.4, 0.5) is 0 Å². The average molecular weight is 471 g/mol. The van der Waals surface area contributed by atoms with Crippen molar-refractivity contribution in [2.45, 2.75) is 77.5 Å². The molecule has 0 radical (unpaired) electrons. The first-order chi connectivity index (χ1) is 17.1. The smallest absolute Gasteiger partial charge is 0.252 e. The van der Waals surface area contributed by atoms with E-state index in [1.807, 2.05) is 35.0 Å². The highest BCUT2D eigenvalue weighted by Gasteiger charge is 2.33. The molecule has 4 aromatic rings. The maximum atomic E-state index is 13.1. The Labute approximate surface area is 206 Å². The fourth-order valence-corrected chi connectivity index (χ4v) is 5.45. The van der Waals surface area contributed by atoms with E-state index >= 15 is 0 Å². The van der Waals surface area contributed by atoms with Gasteiger partial charge in [-0.25, -0.2) is 4.68 Å². The van der Waals surface area contributed by atoms with Crippen molar-refractivity contribution < 1.29 is 0 Å². The highest BCUT2D eigenvalue weighted by atomic mass is 16.1. The van der Waals surface area contributed by atoms with Crippen molar-refractivity contribution in [1.29, 1.82) is 0 Å². The summed E-state index contributed by atoms with van der Waals surface area (Å²) in [6.07, 6.45) is 6.69. The standard InChI is InChI=1S/C28H34N6O/c1-3-9-26(27-30-31-32-34(27)18-21-10-5-4-6-11-21)33(24-12-7-8-13-24)19-23-17-22-16-20(2)14-15-25(22)29-28(23)35/h4-6,10-11,14-17,24,26H,3,7-9,12-13,18-19H2,1-2H3,(H,29,35)/t26-/m1/s1. The van der Waals surface area contributed by atoms with Crippen molar-refractivity contribution in [2.24, 2.45) is 0 Å². The number of benzene rings is 2. The number of hydrogen-bond acceptors (Lipinski definition) is 5. The lowest BCUT2D eigenvalue weighted by molar-refractivity contribution is 0.108. The highest BCUT2D eigenvalue weighted by molar-refractivity contribution is 5.79. The van der Waals surface area contributed by atoms with Crippen LogP contribution in [0.1, 0.15) is 74.0 Å². The molecule has 35 heavy (non-hydrogen) atoms. The maximum Gasteiger partial charge on any atom is 0.252 e. The third kappa shape index (κ3) is 5.20. The Hall–Kier alpha value is -3.32. The van der Waals surface area contributed by atoms with Crippen LogP contribution in [0.15, 0.2) is 59.4 Å². The molecule has 1 fully saturated rings. The van der Waals surface area contributed by atoms with Gasteiger partial charge in [0.2, 0.25) is 0 Å². The zero-order valence-corrected chi connectivity index (χ0v) is 20.7. The molecule has 0 aliphatic heterocycles. The first-order valence-corrected chi connectivity index (χ1v) is 12.8. The van der Waals surface area contributed by atoms with Crippen molar-refractivity contribution in [3.8, 4) is 0 Å². The molecule has 0 spiro atoms. The molecule has 2 aromatic carbocycles. The van der Waals surface area contributed by atoms with Gasteiger partial charge in [-0.15, -0.1) is 5.10 Å². The summed E-state index contributed by atoms with van der Waals surface area (Å²) < 4.78 is 1.94. The summed E-state index contributed by atoms with van der Waals surface area (Å²) in [5.74, 6) is 0.885. The van der Waals surface area contributed by atoms with Gasteiger partial charge < -0.3 is 4.98 Å². The van der Waals surface area contributed by atoms with Crippen LogP contribution in [0.25, 0.3) is 10.9 Å². The van der Waals surface area contributed by atoms with Gasteiger partial charge in [-0.1, -0.05) is 68.1 Å². The van der Waals surface area contributed by atoms with Gasteiger partial charge in [-0.05, 0) is 65.8 Å². The van der Waals surface area contributed by atoms with Gasteiger partial charge in [-0.3, -0.25) is 9.69 Å². The molecule has 0 saturated heterocycles. The quantitative estimate of drug-likeness (QED) is 0.366.